The van der Waals surface area contributed by atoms with Crippen LogP contribution in [-0.4, -0.2) is 55.9 Å². The van der Waals surface area contributed by atoms with Gasteiger partial charge in [-0.1, -0.05) is 23.7 Å². The summed E-state index contributed by atoms with van der Waals surface area (Å²) in [6.07, 6.45) is -0.313. The zero-order valence-electron chi connectivity index (χ0n) is 16.7. The molecule has 1 saturated heterocycles. The Morgan fingerprint density at radius 2 is 1.62 bits per heavy atom. The SMILES string of the molecule is CC1CN(S(=O)(=O)c2ccc(C(=O)N(C)Cc3ccc(Cl)cc3)cc2)CC(C)O1. The standard InChI is InChI=1S/C21H25ClN2O4S/c1-15-12-24(13-16(2)28-15)29(26,27)20-10-6-18(7-11-20)21(25)23(3)14-17-4-8-19(22)9-5-17/h4-11,15-16H,12-14H2,1-3H3. The Kier molecular flexibility index (Phi) is 6.63. The van der Waals surface area contributed by atoms with Crippen LogP contribution < -0.4 is 0 Å². The van der Waals surface area contributed by atoms with Crippen LogP contribution in [0.25, 0.3) is 0 Å². The normalized spacial score (nSPS) is 20.4. The first-order valence-corrected chi connectivity index (χ1v) is 11.2. The molecule has 3 rings (SSSR count). The van der Waals surface area contributed by atoms with Crippen LogP contribution in [0.1, 0.15) is 29.8 Å². The number of carbonyl (C=O) groups is 1. The molecular weight excluding hydrogens is 412 g/mol. The van der Waals surface area contributed by atoms with Gasteiger partial charge < -0.3 is 9.64 Å². The van der Waals surface area contributed by atoms with Gasteiger partial charge in [0.2, 0.25) is 10.0 Å². The minimum atomic E-state index is -3.63. The van der Waals surface area contributed by atoms with Crippen LogP contribution in [0, 0.1) is 0 Å². The molecule has 0 spiro atoms. The van der Waals surface area contributed by atoms with E-state index in [4.69, 9.17) is 16.3 Å². The fraction of sp³-hybridized carbons (Fsp3) is 0.381. The zero-order valence-corrected chi connectivity index (χ0v) is 18.3. The highest BCUT2D eigenvalue weighted by Gasteiger charge is 2.32. The maximum absolute atomic E-state index is 12.9. The number of nitrogens with zero attached hydrogens (tertiary/aromatic N) is 2. The van der Waals surface area contributed by atoms with E-state index in [1.807, 2.05) is 26.0 Å². The number of morpholine rings is 1. The molecule has 1 aliphatic rings. The van der Waals surface area contributed by atoms with E-state index in [1.165, 1.54) is 16.4 Å². The molecule has 1 fully saturated rings. The van der Waals surface area contributed by atoms with Crippen LogP contribution >= 0.6 is 11.6 Å². The first-order chi connectivity index (χ1) is 13.7. The Balaban J connectivity index is 1.71. The molecule has 0 radical (unpaired) electrons. The van der Waals surface area contributed by atoms with Gasteiger partial charge in [0.05, 0.1) is 17.1 Å². The summed E-state index contributed by atoms with van der Waals surface area (Å²) in [4.78, 5) is 14.4. The van der Waals surface area contributed by atoms with Gasteiger partial charge in [-0.2, -0.15) is 4.31 Å². The molecule has 1 heterocycles. The number of ether oxygens (including phenoxy) is 1. The lowest BCUT2D eigenvalue weighted by Crippen LogP contribution is -2.48. The Labute approximate surface area is 177 Å². The molecular formula is C21H25ClN2O4S. The van der Waals surface area contributed by atoms with Gasteiger partial charge >= 0.3 is 0 Å². The van der Waals surface area contributed by atoms with E-state index in [1.54, 1.807) is 36.2 Å². The zero-order chi connectivity index (χ0) is 21.2. The lowest BCUT2D eigenvalue weighted by molar-refractivity contribution is -0.0440. The average Bonchev–Trinajstić information content (AvgIpc) is 2.68. The van der Waals surface area contributed by atoms with Crippen LogP contribution in [0.5, 0.6) is 0 Å². The van der Waals surface area contributed by atoms with Crippen molar-refractivity contribution in [3.63, 3.8) is 0 Å². The average molecular weight is 437 g/mol. The summed E-state index contributed by atoms with van der Waals surface area (Å²) in [5.41, 5.74) is 1.39. The fourth-order valence-electron chi connectivity index (χ4n) is 3.40. The first-order valence-electron chi connectivity index (χ1n) is 9.42. The van der Waals surface area contributed by atoms with E-state index in [0.717, 1.165) is 5.56 Å². The highest BCUT2D eigenvalue weighted by Crippen LogP contribution is 2.22. The molecule has 0 aromatic heterocycles. The van der Waals surface area contributed by atoms with Crippen LogP contribution in [0.3, 0.4) is 0 Å². The Bertz CT molecular complexity index is 951. The number of hydrogen-bond donors (Lipinski definition) is 0. The van der Waals surface area contributed by atoms with Gasteiger partial charge in [-0.25, -0.2) is 8.42 Å². The molecule has 6 nitrogen and oxygen atoms in total. The summed E-state index contributed by atoms with van der Waals surface area (Å²) in [6, 6.07) is 13.4. The summed E-state index contributed by atoms with van der Waals surface area (Å²) in [5, 5.41) is 0.642. The summed E-state index contributed by atoms with van der Waals surface area (Å²) < 4.78 is 32.9. The van der Waals surface area contributed by atoms with Gasteiger partial charge in [-0.15, -0.1) is 0 Å². The van der Waals surface area contributed by atoms with E-state index in [2.05, 4.69) is 0 Å². The highest BCUT2D eigenvalue weighted by molar-refractivity contribution is 7.89. The van der Waals surface area contributed by atoms with Crippen molar-refractivity contribution >= 4 is 27.5 Å². The summed E-state index contributed by atoms with van der Waals surface area (Å²) >= 11 is 5.89. The lowest BCUT2D eigenvalue weighted by atomic mass is 10.1. The molecule has 1 amide bonds. The van der Waals surface area contributed by atoms with E-state index in [-0.39, 0.29) is 23.0 Å². The molecule has 2 aromatic rings. The molecule has 0 aliphatic carbocycles. The van der Waals surface area contributed by atoms with Gasteiger partial charge in [-0.3, -0.25) is 4.79 Å². The maximum atomic E-state index is 12.9. The van der Waals surface area contributed by atoms with Crippen LogP contribution in [0.4, 0.5) is 0 Å². The van der Waals surface area contributed by atoms with Gasteiger partial charge in [-0.05, 0) is 55.8 Å². The lowest BCUT2D eigenvalue weighted by Gasteiger charge is -2.34. The quantitative estimate of drug-likeness (QED) is 0.720. The number of rotatable bonds is 5. The van der Waals surface area contributed by atoms with Gasteiger partial charge in [0.1, 0.15) is 0 Å². The Hall–Kier alpha value is -1.93. The summed E-state index contributed by atoms with van der Waals surface area (Å²) in [5.74, 6) is -0.183. The van der Waals surface area contributed by atoms with E-state index in [0.29, 0.717) is 30.2 Å². The van der Waals surface area contributed by atoms with Gasteiger partial charge in [0.25, 0.3) is 5.91 Å². The topological polar surface area (TPSA) is 66.9 Å². The van der Waals surface area contributed by atoms with Crippen molar-refractivity contribution in [3.8, 4) is 0 Å². The smallest absolute Gasteiger partial charge is 0.253 e. The van der Waals surface area contributed by atoms with Crippen molar-refractivity contribution in [2.45, 2.75) is 37.5 Å². The van der Waals surface area contributed by atoms with Crippen LogP contribution in [-0.2, 0) is 21.3 Å². The second kappa shape index (κ2) is 8.83. The second-order valence-electron chi connectivity index (χ2n) is 7.39. The summed E-state index contributed by atoms with van der Waals surface area (Å²) in [7, 11) is -1.92. The second-order valence-corrected chi connectivity index (χ2v) is 9.77. The molecule has 0 saturated carbocycles. The van der Waals surface area contributed by atoms with Crippen LogP contribution in [0.2, 0.25) is 5.02 Å². The number of halogens is 1. The predicted octanol–water partition coefficient (Wildman–Crippen LogP) is 3.41. The number of carbonyl (C=O) groups excluding carboxylic acids is 1. The molecule has 2 unspecified atom stereocenters. The van der Waals surface area contributed by atoms with E-state index < -0.39 is 10.0 Å². The molecule has 0 N–H and O–H groups in total. The van der Waals surface area contributed by atoms with Crippen molar-refractivity contribution in [3.05, 3.63) is 64.7 Å². The number of benzene rings is 2. The third-order valence-electron chi connectivity index (χ3n) is 4.80. The molecule has 1 aliphatic heterocycles. The molecule has 8 heteroatoms. The molecule has 156 valence electrons. The third kappa shape index (κ3) is 5.17. The predicted molar refractivity (Wildman–Crippen MR) is 112 cm³/mol. The number of sulfonamides is 1. The number of amides is 1. The molecule has 2 aromatic carbocycles. The maximum Gasteiger partial charge on any atom is 0.253 e. The van der Waals surface area contributed by atoms with Crippen molar-refractivity contribution < 1.29 is 17.9 Å². The largest absolute Gasteiger partial charge is 0.373 e. The minimum Gasteiger partial charge on any atom is -0.373 e. The molecule has 0 bridgehead atoms. The minimum absolute atomic E-state index is 0.157. The first kappa shape index (κ1) is 21.8. The third-order valence-corrected chi connectivity index (χ3v) is 6.90. The summed E-state index contributed by atoms with van der Waals surface area (Å²) in [6.45, 7) is 4.78. The van der Waals surface area contributed by atoms with Crippen molar-refractivity contribution in [2.75, 3.05) is 20.1 Å². The van der Waals surface area contributed by atoms with Crippen LogP contribution in [0.15, 0.2) is 53.4 Å². The molecule has 2 atom stereocenters. The fourth-order valence-corrected chi connectivity index (χ4v) is 5.12. The highest BCUT2D eigenvalue weighted by atomic mass is 35.5. The van der Waals surface area contributed by atoms with Crippen molar-refractivity contribution in [1.82, 2.24) is 9.21 Å². The number of hydrogen-bond acceptors (Lipinski definition) is 4. The van der Waals surface area contributed by atoms with Gasteiger partial charge in [0, 0.05) is 37.3 Å². The molecule has 29 heavy (non-hydrogen) atoms. The van der Waals surface area contributed by atoms with E-state index in [9.17, 15) is 13.2 Å². The monoisotopic (exact) mass is 436 g/mol. The Morgan fingerprint density at radius 1 is 1.07 bits per heavy atom. The Morgan fingerprint density at radius 3 is 2.17 bits per heavy atom. The van der Waals surface area contributed by atoms with E-state index >= 15 is 0 Å². The van der Waals surface area contributed by atoms with Crippen molar-refractivity contribution in [2.24, 2.45) is 0 Å². The van der Waals surface area contributed by atoms with Gasteiger partial charge in [0.15, 0.2) is 0 Å². The van der Waals surface area contributed by atoms with Crippen molar-refractivity contribution in [1.29, 1.82) is 0 Å².